The highest BCUT2D eigenvalue weighted by molar-refractivity contribution is 6.00. The van der Waals surface area contributed by atoms with Crippen molar-refractivity contribution in [3.63, 3.8) is 0 Å². The number of fused-ring (bicyclic) bond motifs is 2. The first-order chi connectivity index (χ1) is 13.8. The Labute approximate surface area is 161 Å². The minimum atomic E-state index is 0.214. The molecule has 3 heterocycles. The monoisotopic (exact) mass is 373 g/mol. The average molecular weight is 373 g/mol. The van der Waals surface area contributed by atoms with E-state index in [0.29, 0.717) is 17.8 Å². The third kappa shape index (κ3) is 2.76. The maximum absolute atomic E-state index is 11.3. The molecule has 0 amide bonds. The summed E-state index contributed by atoms with van der Waals surface area (Å²) in [6.07, 6.45) is 6.20. The smallest absolute Gasteiger partial charge is 0.182 e. The molecule has 7 heteroatoms. The Hall–Kier alpha value is -3.48. The quantitative estimate of drug-likeness (QED) is 0.540. The molecule has 1 saturated heterocycles. The van der Waals surface area contributed by atoms with Crippen LogP contribution in [0.2, 0.25) is 0 Å². The lowest BCUT2D eigenvalue weighted by Crippen LogP contribution is -2.35. The molecule has 2 aromatic heterocycles. The van der Waals surface area contributed by atoms with Crippen molar-refractivity contribution in [2.45, 2.75) is 18.9 Å². The number of nitrogens with zero attached hydrogens (tertiary/aromatic N) is 4. The number of rotatable bonds is 5. The van der Waals surface area contributed by atoms with Gasteiger partial charge in [-0.2, -0.15) is 0 Å². The zero-order chi connectivity index (χ0) is 18.9. The standard InChI is InChI=1S/C21H19N5O2/c27-10-14-7-8-18(17-6-2-1-5-16(14)17)28-11-15-4-3-9-26(15)21-19-20(23-12-22-19)24-13-25-21/h1-2,5-8,10,12-13,15H,3-4,9,11H2,(H,22,23,24,25)/t15-/m1/s1. The summed E-state index contributed by atoms with van der Waals surface area (Å²) in [4.78, 5) is 29.6. The van der Waals surface area contributed by atoms with Crippen LogP contribution in [-0.2, 0) is 0 Å². The van der Waals surface area contributed by atoms with E-state index in [4.69, 9.17) is 4.74 Å². The van der Waals surface area contributed by atoms with Crippen LogP contribution < -0.4 is 9.64 Å². The van der Waals surface area contributed by atoms with Crippen LogP contribution in [0.15, 0.2) is 49.1 Å². The van der Waals surface area contributed by atoms with Gasteiger partial charge in [0.15, 0.2) is 17.8 Å². The molecule has 0 radical (unpaired) electrons. The number of carbonyl (C=O) groups excluding carboxylic acids is 1. The van der Waals surface area contributed by atoms with Gasteiger partial charge in [-0.15, -0.1) is 0 Å². The van der Waals surface area contributed by atoms with E-state index < -0.39 is 0 Å². The van der Waals surface area contributed by atoms with Gasteiger partial charge in [-0.25, -0.2) is 15.0 Å². The number of carbonyl (C=O) groups is 1. The maximum atomic E-state index is 11.3. The van der Waals surface area contributed by atoms with Crippen LogP contribution in [0.4, 0.5) is 5.82 Å². The van der Waals surface area contributed by atoms with E-state index in [2.05, 4.69) is 24.8 Å². The molecule has 1 aliphatic heterocycles. The predicted molar refractivity (Wildman–Crippen MR) is 107 cm³/mol. The number of hydrogen-bond donors (Lipinski definition) is 1. The molecule has 0 unspecified atom stereocenters. The van der Waals surface area contributed by atoms with Crippen molar-refractivity contribution in [3.05, 3.63) is 54.6 Å². The topological polar surface area (TPSA) is 84.0 Å². The summed E-state index contributed by atoms with van der Waals surface area (Å²) in [6, 6.07) is 11.7. The fourth-order valence-electron chi connectivity index (χ4n) is 3.97. The second-order valence-electron chi connectivity index (χ2n) is 6.92. The molecule has 1 N–H and O–H groups in total. The number of aromatic nitrogens is 4. The fourth-order valence-corrected chi connectivity index (χ4v) is 3.97. The van der Waals surface area contributed by atoms with Crippen molar-refractivity contribution < 1.29 is 9.53 Å². The van der Waals surface area contributed by atoms with Gasteiger partial charge in [-0.1, -0.05) is 24.3 Å². The Balaban J connectivity index is 1.42. The highest BCUT2D eigenvalue weighted by Crippen LogP contribution is 2.31. The third-order valence-electron chi connectivity index (χ3n) is 5.33. The fraction of sp³-hybridized carbons (Fsp3) is 0.238. The zero-order valence-corrected chi connectivity index (χ0v) is 15.2. The number of aldehydes is 1. The molecule has 28 heavy (non-hydrogen) atoms. The average Bonchev–Trinajstić information content (AvgIpc) is 3.41. The molecule has 1 aliphatic rings. The number of hydrogen-bond acceptors (Lipinski definition) is 6. The highest BCUT2D eigenvalue weighted by atomic mass is 16.5. The maximum Gasteiger partial charge on any atom is 0.182 e. The molecule has 5 rings (SSSR count). The summed E-state index contributed by atoms with van der Waals surface area (Å²) in [5.41, 5.74) is 2.20. The van der Waals surface area contributed by atoms with Crippen molar-refractivity contribution >= 4 is 34.0 Å². The first-order valence-corrected chi connectivity index (χ1v) is 9.35. The van der Waals surface area contributed by atoms with E-state index in [1.165, 1.54) is 0 Å². The predicted octanol–water partition coefficient (Wildman–Crippen LogP) is 3.37. The Morgan fingerprint density at radius 1 is 1.14 bits per heavy atom. The number of benzene rings is 2. The van der Waals surface area contributed by atoms with Crippen molar-refractivity contribution in [2.24, 2.45) is 0 Å². The number of ether oxygens (including phenoxy) is 1. The summed E-state index contributed by atoms with van der Waals surface area (Å²) in [5.74, 6) is 1.66. The van der Waals surface area contributed by atoms with E-state index in [1.807, 2.05) is 36.4 Å². The molecule has 1 fully saturated rings. The Bertz CT molecular complexity index is 1160. The molecular formula is C21H19N5O2. The Morgan fingerprint density at radius 3 is 2.93 bits per heavy atom. The SMILES string of the molecule is O=Cc1ccc(OC[C@H]2CCCN2c2ncnc3nc[nH]c23)c2ccccc12. The second kappa shape index (κ2) is 6.92. The van der Waals surface area contributed by atoms with Gasteiger partial charge in [0, 0.05) is 17.5 Å². The van der Waals surface area contributed by atoms with E-state index >= 15 is 0 Å². The molecule has 4 aromatic rings. The van der Waals surface area contributed by atoms with E-state index in [9.17, 15) is 4.79 Å². The minimum absolute atomic E-state index is 0.214. The van der Waals surface area contributed by atoms with Crippen LogP contribution in [0.5, 0.6) is 5.75 Å². The number of anilines is 1. The molecule has 7 nitrogen and oxygen atoms in total. The number of H-pyrrole nitrogens is 1. The van der Waals surface area contributed by atoms with E-state index in [0.717, 1.165) is 53.5 Å². The minimum Gasteiger partial charge on any atom is -0.491 e. The number of aromatic amines is 1. The van der Waals surface area contributed by atoms with Gasteiger partial charge in [0.05, 0.1) is 12.4 Å². The first-order valence-electron chi connectivity index (χ1n) is 9.35. The van der Waals surface area contributed by atoms with Crippen LogP contribution in [-0.4, -0.2) is 45.4 Å². The van der Waals surface area contributed by atoms with Crippen molar-refractivity contribution in [2.75, 3.05) is 18.1 Å². The number of nitrogens with one attached hydrogen (secondary N) is 1. The van der Waals surface area contributed by atoms with Crippen molar-refractivity contribution in [1.29, 1.82) is 0 Å². The van der Waals surface area contributed by atoms with Crippen LogP contribution in [0.25, 0.3) is 21.9 Å². The van der Waals surface area contributed by atoms with Gasteiger partial charge in [0.25, 0.3) is 0 Å². The van der Waals surface area contributed by atoms with Crippen LogP contribution >= 0.6 is 0 Å². The van der Waals surface area contributed by atoms with Gasteiger partial charge < -0.3 is 14.6 Å². The summed E-state index contributed by atoms with van der Waals surface area (Å²) >= 11 is 0. The van der Waals surface area contributed by atoms with Crippen LogP contribution in [0.3, 0.4) is 0 Å². The molecule has 2 aromatic carbocycles. The van der Waals surface area contributed by atoms with Crippen LogP contribution in [0.1, 0.15) is 23.2 Å². The third-order valence-corrected chi connectivity index (χ3v) is 5.33. The highest BCUT2D eigenvalue weighted by Gasteiger charge is 2.28. The molecule has 0 saturated carbocycles. The van der Waals surface area contributed by atoms with E-state index in [1.54, 1.807) is 12.7 Å². The second-order valence-corrected chi connectivity index (χ2v) is 6.92. The Morgan fingerprint density at radius 2 is 2.04 bits per heavy atom. The molecule has 140 valence electrons. The number of imidazole rings is 1. The normalized spacial score (nSPS) is 16.7. The van der Waals surface area contributed by atoms with Crippen molar-refractivity contribution in [1.82, 2.24) is 19.9 Å². The molecule has 0 spiro atoms. The lowest BCUT2D eigenvalue weighted by Gasteiger charge is -2.26. The van der Waals surface area contributed by atoms with Gasteiger partial charge >= 0.3 is 0 Å². The van der Waals surface area contributed by atoms with Crippen LogP contribution in [0, 0.1) is 0 Å². The van der Waals surface area contributed by atoms with Gasteiger partial charge in [0.1, 0.15) is 24.2 Å². The summed E-state index contributed by atoms with van der Waals surface area (Å²) in [5, 5.41) is 1.86. The lowest BCUT2D eigenvalue weighted by molar-refractivity contribution is 0.112. The molecular weight excluding hydrogens is 354 g/mol. The largest absolute Gasteiger partial charge is 0.491 e. The lowest BCUT2D eigenvalue weighted by atomic mass is 10.0. The Kier molecular flexibility index (Phi) is 4.12. The summed E-state index contributed by atoms with van der Waals surface area (Å²) in [7, 11) is 0. The first kappa shape index (κ1) is 16.7. The van der Waals surface area contributed by atoms with Gasteiger partial charge in [-0.05, 0) is 30.4 Å². The van der Waals surface area contributed by atoms with E-state index in [-0.39, 0.29) is 6.04 Å². The molecule has 0 aliphatic carbocycles. The van der Waals surface area contributed by atoms with Crippen molar-refractivity contribution in [3.8, 4) is 5.75 Å². The zero-order valence-electron chi connectivity index (χ0n) is 15.2. The van der Waals surface area contributed by atoms with Gasteiger partial charge in [0.2, 0.25) is 0 Å². The summed E-state index contributed by atoms with van der Waals surface area (Å²) in [6.45, 7) is 1.47. The molecule has 1 atom stereocenters. The molecule has 0 bridgehead atoms. The summed E-state index contributed by atoms with van der Waals surface area (Å²) < 4.78 is 6.22. The van der Waals surface area contributed by atoms with Gasteiger partial charge in [-0.3, -0.25) is 4.79 Å².